The molecule has 3 rings (SSSR count). The van der Waals surface area contributed by atoms with Crippen molar-refractivity contribution in [1.82, 2.24) is 9.78 Å². The van der Waals surface area contributed by atoms with Crippen LogP contribution in [0, 0.1) is 10.7 Å². The monoisotopic (exact) mass is 294 g/mol. The Labute approximate surface area is 121 Å². The van der Waals surface area contributed by atoms with Crippen LogP contribution < -0.4 is 4.90 Å². The zero-order valence-electron chi connectivity index (χ0n) is 11.1. The van der Waals surface area contributed by atoms with E-state index >= 15 is 0 Å². The summed E-state index contributed by atoms with van der Waals surface area (Å²) in [4.78, 5) is 1.86. The fourth-order valence-corrected chi connectivity index (χ4v) is 2.72. The van der Waals surface area contributed by atoms with Crippen LogP contribution in [0.3, 0.4) is 0 Å². The molecule has 1 N–H and O–H groups in total. The van der Waals surface area contributed by atoms with Gasteiger partial charge in [-0.1, -0.05) is 0 Å². The lowest BCUT2D eigenvalue weighted by molar-refractivity contribution is -0.928. The normalized spacial score (nSPS) is 16.4. The molecule has 0 aliphatic carbocycles. The third-order valence-corrected chi connectivity index (χ3v) is 3.93. The predicted octanol–water partition coefficient (Wildman–Crippen LogP) is 2.04. The lowest BCUT2D eigenvalue weighted by Crippen LogP contribution is -3.12. The summed E-state index contributed by atoms with van der Waals surface area (Å²) in [6.07, 6.45) is 3.82. The first-order chi connectivity index (χ1) is 9.72. The van der Waals surface area contributed by atoms with Gasteiger partial charge in [0, 0.05) is 5.56 Å². The van der Waals surface area contributed by atoms with E-state index in [0.717, 1.165) is 25.3 Å². The molecule has 0 bridgehead atoms. The van der Waals surface area contributed by atoms with Gasteiger partial charge in [-0.15, -0.1) is 5.10 Å². The zero-order chi connectivity index (χ0) is 13.9. The highest BCUT2D eigenvalue weighted by molar-refractivity contribution is 7.71. The summed E-state index contributed by atoms with van der Waals surface area (Å²) in [6, 6.07) is 6.08. The summed E-state index contributed by atoms with van der Waals surface area (Å²) in [5.41, 5.74) is 0.741. The number of benzene rings is 1. The van der Waals surface area contributed by atoms with Crippen LogP contribution in [0.25, 0.3) is 11.5 Å². The van der Waals surface area contributed by atoms with Gasteiger partial charge in [-0.05, 0) is 55.7 Å². The molecule has 20 heavy (non-hydrogen) atoms. The summed E-state index contributed by atoms with van der Waals surface area (Å²) >= 11 is 5.21. The lowest BCUT2D eigenvalue weighted by Gasteiger charge is -2.22. The molecular formula is C14H17FN3OS+. The van der Waals surface area contributed by atoms with E-state index in [1.165, 1.54) is 36.3 Å². The van der Waals surface area contributed by atoms with E-state index in [-0.39, 0.29) is 5.82 Å². The van der Waals surface area contributed by atoms with E-state index in [1.54, 1.807) is 16.8 Å². The minimum absolute atomic E-state index is 0.274. The second-order valence-corrected chi connectivity index (χ2v) is 5.50. The Morgan fingerprint density at radius 1 is 1.20 bits per heavy atom. The number of quaternary nitrogens is 1. The van der Waals surface area contributed by atoms with Gasteiger partial charge in [0.05, 0.1) is 13.1 Å². The molecule has 1 saturated heterocycles. The Kier molecular flexibility index (Phi) is 3.93. The number of likely N-dealkylation sites (tertiary alicyclic amines) is 1. The maximum atomic E-state index is 12.9. The molecule has 0 radical (unpaired) electrons. The van der Waals surface area contributed by atoms with Crippen LogP contribution in [-0.4, -0.2) is 22.9 Å². The summed E-state index contributed by atoms with van der Waals surface area (Å²) in [6.45, 7) is 3.05. The topological polar surface area (TPSA) is 35.4 Å². The van der Waals surface area contributed by atoms with E-state index < -0.39 is 0 Å². The van der Waals surface area contributed by atoms with Crippen molar-refractivity contribution in [3.8, 4) is 11.5 Å². The molecular weight excluding hydrogens is 277 g/mol. The third kappa shape index (κ3) is 2.96. The Balaban J connectivity index is 1.79. The molecule has 2 heterocycles. The smallest absolute Gasteiger partial charge is 0.292 e. The number of nitrogens with one attached hydrogen (secondary N) is 1. The standard InChI is InChI=1S/C14H16FN3OS/c15-12-6-4-11(5-7-12)13-16-18(14(20)19-13)10-17-8-2-1-3-9-17/h4-7H,1-3,8-10H2/p+1. The first-order valence-electron chi connectivity index (χ1n) is 6.90. The number of rotatable bonds is 3. The highest BCUT2D eigenvalue weighted by atomic mass is 32.1. The summed E-state index contributed by atoms with van der Waals surface area (Å²) in [5.74, 6) is 0.177. The molecule has 1 fully saturated rings. The fraction of sp³-hybridized carbons (Fsp3) is 0.429. The van der Waals surface area contributed by atoms with Crippen molar-refractivity contribution in [3.63, 3.8) is 0 Å². The molecule has 1 aliphatic rings. The average Bonchev–Trinajstić information content (AvgIpc) is 2.82. The van der Waals surface area contributed by atoms with E-state index in [0.29, 0.717) is 10.7 Å². The molecule has 1 aromatic carbocycles. The van der Waals surface area contributed by atoms with Crippen LogP contribution in [0.1, 0.15) is 19.3 Å². The average molecular weight is 294 g/mol. The molecule has 0 amide bonds. The van der Waals surface area contributed by atoms with E-state index in [2.05, 4.69) is 5.10 Å². The van der Waals surface area contributed by atoms with E-state index in [9.17, 15) is 4.39 Å². The molecule has 4 nitrogen and oxygen atoms in total. The molecule has 0 unspecified atom stereocenters. The van der Waals surface area contributed by atoms with Crippen LogP contribution in [0.15, 0.2) is 28.7 Å². The molecule has 0 atom stereocenters. The van der Waals surface area contributed by atoms with Gasteiger partial charge in [0.2, 0.25) is 5.89 Å². The Morgan fingerprint density at radius 3 is 2.60 bits per heavy atom. The quantitative estimate of drug-likeness (QED) is 0.880. The predicted molar refractivity (Wildman–Crippen MR) is 75.3 cm³/mol. The number of halogens is 1. The van der Waals surface area contributed by atoms with Gasteiger partial charge < -0.3 is 9.32 Å². The van der Waals surface area contributed by atoms with Gasteiger partial charge in [0.1, 0.15) is 5.82 Å². The van der Waals surface area contributed by atoms with Crippen molar-refractivity contribution >= 4 is 12.2 Å². The highest BCUT2D eigenvalue weighted by Gasteiger charge is 2.16. The van der Waals surface area contributed by atoms with Crippen molar-refractivity contribution in [2.24, 2.45) is 0 Å². The number of hydrogen-bond acceptors (Lipinski definition) is 3. The van der Waals surface area contributed by atoms with Crippen molar-refractivity contribution in [3.05, 3.63) is 34.9 Å². The Hall–Kier alpha value is -1.53. The number of nitrogens with zero attached hydrogens (tertiary/aromatic N) is 2. The molecule has 2 aromatic rings. The van der Waals surface area contributed by atoms with Crippen molar-refractivity contribution in [2.75, 3.05) is 13.1 Å². The molecule has 1 aromatic heterocycles. The molecule has 1 aliphatic heterocycles. The largest absolute Gasteiger partial charge is 0.409 e. The van der Waals surface area contributed by atoms with Crippen LogP contribution >= 0.6 is 12.2 Å². The maximum Gasteiger partial charge on any atom is 0.292 e. The number of hydrogen-bond donors (Lipinski definition) is 1. The summed E-state index contributed by atoms with van der Waals surface area (Å²) in [5, 5.41) is 4.41. The van der Waals surface area contributed by atoms with Crippen molar-refractivity contribution in [2.45, 2.75) is 25.9 Å². The minimum Gasteiger partial charge on any atom is -0.409 e. The third-order valence-electron chi connectivity index (χ3n) is 3.63. The van der Waals surface area contributed by atoms with Crippen LogP contribution in [0.4, 0.5) is 4.39 Å². The van der Waals surface area contributed by atoms with Gasteiger partial charge in [-0.3, -0.25) is 0 Å². The fourth-order valence-electron chi connectivity index (χ4n) is 2.54. The minimum atomic E-state index is -0.274. The second-order valence-electron chi connectivity index (χ2n) is 5.15. The van der Waals surface area contributed by atoms with Crippen LogP contribution in [0.2, 0.25) is 0 Å². The van der Waals surface area contributed by atoms with Crippen LogP contribution in [0.5, 0.6) is 0 Å². The zero-order valence-corrected chi connectivity index (χ0v) is 12.0. The number of piperidine rings is 1. The Morgan fingerprint density at radius 2 is 1.90 bits per heavy atom. The molecule has 106 valence electrons. The maximum absolute atomic E-state index is 12.9. The molecule has 0 saturated carbocycles. The van der Waals surface area contributed by atoms with Crippen molar-refractivity contribution < 1.29 is 13.7 Å². The molecule has 6 heteroatoms. The van der Waals surface area contributed by atoms with Gasteiger partial charge in [0.25, 0.3) is 4.84 Å². The van der Waals surface area contributed by atoms with E-state index in [1.807, 2.05) is 0 Å². The van der Waals surface area contributed by atoms with Gasteiger partial charge in [0.15, 0.2) is 6.67 Å². The summed E-state index contributed by atoms with van der Waals surface area (Å²) in [7, 11) is 0. The van der Waals surface area contributed by atoms with E-state index in [4.69, 9.17) is 16.6 Å². The Bertz CT molecular complexity index is 629. The molecule has 0 spiro atoms. The highest BCUT2D eigenvalue weighted by Crippen LogP contribution is 2.17. The van der Waals surface area contributed by atoms with Gasteiger partial charge in [-0.25, -0.2) is 4.39 Å². The lowest BCUT2D eigenvalue weighted by atomic mass is 10.1. The van der Waals surface area contributed by atoms with Crippen molar-refractivity contribution in [1.29, 1.82) is 0 Å². The second kappa shape index (κ2) is 5.85. The number of aromatic nitrogens is 2. The van der Waals surface area contributed by atoms with Gasteiger partial charge >= 0.3 is 0 Å². The summed E-state index contributed by atoms with van der Waals surface area (Å²) < 4.78 is 20.2. The first-order valence-corrected chi connectivity index (χ1v) is 7.31. The SMILES string of the molecule is Fc1ccc(-c2nn(C[NH+]3CCCCC3)c(=S)o2)cc1. The van der Waals surface area contributed by atoms with Gasteiger partial charge in [-0.2, -0.15) is 4.68 Å². The first kappa shape index (κ1) is 13.5. The van der Waals surface area contributed by atoms with Crippen LogP contribution in [-0.2, 0) is 6.67 Å².